The minimum atomic E-state index is -4.06. The number of halogens is 1. The van der Waals surface area contributed by atoms with Gasteiger partial charge in [-0.05, 0) is 61.0 Å². The second-order valence-electron chi connectivity index (χ2n) is 6.51. The average molecular weight is 470 g/mol. The number of sulfonamides is 1. The van der Waals surface area contributed by atoms with Gasteiger partial charge in [-0.3, -0.25) is 0 Å². The Morgan fingerprint density at radius 3 is 2.37 bits per heavy atom. The lowest BCUT2D eigenvalue weighted by atomic mass is 10.2. The van der Waals surface area contributed by atoms with Crippen LogP contribution in [0.25, 0.3) is 0 Å². The van der Waals surface area contributed by atoms with Crippen molar-refractivity contribution in [2.45, 2.75) is 22.0 Å². The van der Waals surface area contributed by atoms with Gasteiger partial charge in [0, 0.05) is 11.6 Å². The number of hydrogen-bond donors (Lipinski definition) is 1. The quantitative estimate of drug-likeness (QED) is 0.539. The minimum absolute atomic E-state index is 0.000587. The molecule has 0 radical (unpaired) electrons. The summed E-state index contributed by atoms with van der Waals surface area (Å²) < 4.78 is 65.1. The van der Waals surface area contributed by atoms with Crippen molar-refractivity contribution >= 4 is 31.5 Å². The molecule has 1 heterocycles. The first-order valence-electron chi connectivity index (χ1n) is 8.82. The lowest BCUT2D eigenvalue weighted by Crippen LogP contribution is -2.32. The number of furan rings is 1. The SMILES string of the molecule is COc1ccc(C)cc1S(=O)(=O)NC[C@@H](c1ccco1)S(=O)(=O)c1ccc(Cl)cc1. The number of rotatable bonds is 8. The first-order chi connectivity index (χ1) is 14.1. The molecule has 0 aliphatic heterocycles. The second kappa shape index (κ2) is 8.81. The van der Waals surface area contributed by atoms with Gasteiger partial charge < -0.3 is 9.15 Å². The summed E-state index contributed by atoms with van der Waals surface area (Å²) in [5.41, 5.74) is 0.715. The van der Waals surface area contributed by atoms with Gasteiger partial charge in [-0.15, -0.1) is 0 Å². The third-order valence-corrected chi connectivity index (χ3v) is 8.22. The summed E-state index contributed by atoms with van der Waals surface area (Å²) in [4.78, 5) is -0.0762. The largest absolute Gasteiger partial charge is 0.495 e. The lowest BCUT2D eigenvalue weighted by Gasteiger charge is -2.18. The van der Waals surface area contributed by atoms with Crippen molar-refractivity contribution in [1.82, 2.24) is 4.72 Å². The molecule has 10 heteroatoms. The van der Waals surface area contributed by atoms with E-state index >= 15 is 0 Å². The molecule has 1 atom stereocenters. The van der Waals surface area contributed by atoms with Crippen molar-refractivity contribution in [1.29, 1.82) is 0 Å². The summed E-state index contributed by atoms with van der Waals surface area (Å²) in [6.07, 6.45) is 1.33. The molecule has 0 unspecified atom stereocenters. The normalized spacial score (nSPS) is 13.2. The maximum absolute atomic E-state index is 13.2. The van der Waals surface area contributed by atoms with Gasteiger partial charge in [-0.2, -0.15) is 0 Å². The van der Waals surface area contributed by atoms with E-state index in [1.54, 1.807) is 19.1 Å². The Morgan fingerprint density at radius 1 is 1.07 bits per heavy atom. The van der Waals surface area contributed by atoms with E-state index in [1.165, 1.54) is 55.8 Å². The van der Waals surface area contributed by atoms with Gasteiger partial charge in [0.15, 0.2) is 9.84 Å². The van der Waals surface area contributed by atoms with E-state index in [-0.39, 0.29) is 21.3 Å². The summed E-state index contributed by atoms with van der Waals surface area (Å²) in [7, 11) is -6.68. The standard InChI is InChI=1S/C20H20ClNO6S2/c1-14-5-10-17(27-2)19(12-14)30(25,26)22-13-20(18-4-3-11-28-18)29(23,24)16-8-6-15(21)7-9-16/h3-12,20,22H,13H2,1-2H3/t20-/m0/s1. The van der Waals surface area contributed by atoms with Crippen molar-refractivity contribution in [3.63, 3.8) is 0 Å². The van der Waals surface area contributed by atoms with Crippen molar-refractivity contribution in [3.8, 4) is 5.75 Å². The second-order valence-corrected chi connectivity index (χ2v) is 10.8. The van der Waals surface area contributed by atoms with E-state index in [9.17, 15) is 16.8 Å². The smallest absolute Gasteiger partial charge is 0.244 e. The molecule has 0 spiro atoms. The number of benzene rings is 2. The fourth-order valence-corrected chi connectivity index (χ4v) is 6.00. The number of aryl methyl sites for hydroxylation is 1. The fraction of sp³-hybridized carbons (Fsp3) is 0.200. The summed E-state index contributed by atoms with van der Waals surface area (Å²) in [5, 5.41) is -0.894. The molecule has 0 aliphatic carbocycles. The van der Waals surface area contributed by atoms with Gasteiger partial charge in [-0.1, -0.05) is 17.7 Å². The zero-order chi connectivity index (χ0) is 21.9. The Kier molecular flexibility index (Phi) is 6.56. The Bertz CT molecular complexity index is 1220. The van der Waals surface area contributed by atoms with Crippen LogP contribution in [-0.4, -0.2) is 30.5 Å². The highest BCUT2D eigenvalue weighted by molar-refractivity contribution is 7.92. The van der Waals surface area contributed by atoms with E-state index in [0.717, 1.165) is 0 Å². The predicted octanol–water partition coefficient (Wildman–Crippen LogP) is 3.74. The highest BCUT2D eigenvalue weighted by atomic mass is 35.5. The van der Waals surface area contributed by atoms with Crippen LogP contribution in [0.5, 0.6) is 5.75 Å². The number of sulfone groups is 1. The topological polar surface area (TPSA) is 103 Å². The highest BCUT2D eigenvalue weighted by Gasteiger charge is 2.33. The Morgan fingerprint density at radius 2 is 1.77 bits per heavy atom. The molecule has 0 aliphatic rings. The van der Waals surface area contributed by atoms with Crippen LogP contribution in [0.1, 0.15) is 16.6 Å². The molecular formula is C20H20ClNO6S2. The van der Waals surface area contributed by atoms with Gasteiger partial charge in [0.25, 0.3) is 0 Å². The molecule has 0 bridgehead atoms. The van der Waals surface area contributed by atoms with Crippen LogP contribution < -0.4 is 9.46 Å². The van der Waals surface area contributed by atoms with Crippen molar-refractivity contribution < 1.29 is 26.0 Å². The molecule has 0 saturated carbocycles. The van der Waals surface area contributed by atoms with E-state index < -0.39 is 31.7 Å². The van der Waals surface area contributed by atoms with Crippen molar-refractivity contribution in [2.24, 2.45) is 0 Å². The Labute approximate surface area is 180 Å². The van der Waals surface area contributed by atoms with Crippen LogP contribution in [0, 0.1) is 6.92 Å². The number of methoxy groups -OCH3 is 1. The van der Waals surface area contributed by atoms with Gasteiger partial charge in [0.1, 0.15) is 21.7 Å². The molecular weight excluding hydrogens is 450 g/mol. The van der Waals surface area contributed by atoms with E-state index in [2.05, 4.69) is 4.72 Å². The highest BCUT2D eigenvalue weighted by Crippen LogP contribution is 2.31. The maximum Gasteiger partial charge on any atom is 0.244 e. The van der Waals surface area contributed by atoms with Crippen LogP contribution in [0.2, 0.25) is 5.02 Å². The van der Waals surface area contributed by atoms with E-state index in [4.69, 9.17) is 20.8 Å². The average Bonchev–Trinajstić information content (AvgIpc) is 3.22. The summed E-state index contributed by atoms with van der Waals surface area (Å²) in [6.45, 7) is 1.31. The predicted molar refractivity (Wildman–Crippen MR) is 113 cm³/mol. The Hall–Kier alpha value is -2.33. The van der Waals surface area contributed by atoms with Crippen molar-refractivity contribution in [2.75, 3.05) is 13.7 Å². The van der Waals surface area contributed by atoms with Gasteiger partial charge >= 0.3 is 0 Å². The van der Waals surface area contributed by atoms with Crippen LogP contribution in [0.4, 0.5) is 0 Å². The lowest BCUT2D eigenvalue weighted by molar-refractivity contribution is 0.402. The van der Waals surface area contributed by atoms with Gasteiger partial charge in [0.2, 0.25) is 10.0 Å². The monoisotopic (exact) mass is 469 g/mol. The van der Waals surface area contributed by atoms with Gasteiger partial charge in [0.05, 0.1) is 18.3 Å². The molecule has 160 valence electrons. The number of nitrogens with one attached hydrogen (secondary N) is 1. The summed E-state index contributed by atoms with van der Waals surface area (Å²) in [5.74, 6) is 0.270. The third-order valence-electron chi connectivity index (χ3n) is 4.44. The van der Waals surface area contributed by atoms with E-state index in [1.807, 2.05) is 0 Å². The number of hydrogen-bond acceptors (Lipinski definition) is 6. The molecule has 7 nitrogen and oxygen atoms in total. The van der Waals surface area contributed by atoms with E-state index in [0.29, 0.717) is 10.6 Å². The Balaban J connectivity index is 1.96. The third kappa shape index (κ3) is 4.70. The first kappa shape index (κ1) is 22.4. The molecule has 3 aromatic rings. The molecule has 3 rings (SSSR count). The molecule has 2 aromatic carbocycles. The zero-order valence-corrected chi connectivity index (χ0v) is 18.6. The molecule has 30 heavy (non-hydrogen) atoms. The van der Waals surface area contributed by atoms with Crippen LogP contribution >= 0.6 is 11.6 Å². The fourth-order valence-electron chi connectivity index (χ4n) is 2.88. The molecule has 0 saturated heterocycles. The maximum atomic E-state index is 13.2. The van der Waals surface area contributed by atoms with Crippen LogP contribution in [-0.2, 0) is 19.9 Å². The van der Waals surface area contributed by atoms with Gasteiger partial charge in [-0.25, -0.2) is 21.6 Å². The number of ether oxygens (including phenoxy) is 1. The zero-order valence-electron chi connectivity index (χ0n) is 16.2. The van der Waals surface area contributed by atoms with Crippen LogP contribution in [0.15, 0.2) is 75.1 Å². The summed E-state index contributed by atoms with van der Waals surface area (Å²) >= 11 is 5.85. The summed E-state index contributed by atoms with van der Waals surface area (Å²) in [6, 6.07) is 13.4. The molecule has 0 fully saturated rings. The van der Waals surface area contributed by atoms with Crippen molar-refractivity contribution in [3.05, 3.63) is 77.2 Å². The van der Waals surface area contributed by atoms with Crippen LogP contribution in [0.3, 0.4) is 0 Å². The molecule has 1 N–H and O–H groups in total. The first-order valence-corrected chi connectivity index (χ1v) is 12.2. The minimum Gasteiger partial charge on any atom is -0.495 e. The molecule has 0 amide bonds. The molecule has 1 aromatic heterocycles.